The zero-order valence-electron chi connectivity index (χ0n) is 13.3. The number of anilines is 2. The van der Waals surface area contributed by atoms with Gasteiger partial charge < -0.3 is 10.6 Å². The molecule has 0 aromatic carbocycles. The van der Waals surface area contributed by atoms with E-state index in [0.29, 0.717) is 11.6 Å². The summed E-state index contributed by atoms with van der Waals surface area (Å²) in [5.74, 6) is 2.02. The number of pyridine rings is 1. The number of aromatic nitrogens is 3. The van der Waals surface area contributed by atoms with Gasteiger partial charge in [-0.2, -0.15) is 5.26 Å². The molecular formula is C16H20Cl2N6. The first-order chi connectivity index (χ1) is 10.7. The van der Waals surface area contributed by atoms with Gasteiger partial charge in [0.2, 0.25) is 0 Å². The Morgan fingerprint density at radius 1 is 1.21 bits per heavy atom. The molecule has 6 nitrogen and oxygen atoms in total. The van der Waals surface area contributed by atoms with Crippen LogP contribution in [0.2, 0.25) is 0 Å². The number of nitriles is 1. The van der Waals surface area contributed by atoms with Gasteiger partial charge in [-0.25, -0.2) is 15.0 Å². The lowest BCUT2D eigenvalue weighted by Crippen LogP contribution is -2.27. The lowest BCUT2D eigenvalue weighted by molar-refractivity contribution is 0.452. The molecular weight excluding hydrogens is 347 g/mol. The van der Waals surface area contributed by atoms with Crippen LogP contribution in [0.25, 0.3) is 0 Å². The SMILES string of the molecule is Cc1nc(Nc2ccc(C#N)nc2)cc(C2CCNCC2)n1.Cl.Cl. The van der Waals surface area contributed by atoms with Crippen molar-refractivity contribution in [1.29, 1.82) is 5.26 Å². The second kappa shape index (κ2) is 9.38. The number of hydrogen-bond donors (Lipinski definition) is 2. The van der Waals surface area contributed by atoms with Crippen molar-refractivity contribution in [2.24, 2.45) is 0 Å². The summed E-state index contributed by atoms with van der Waals surface area (Å²) in [7, 11) is 0. The van der Waals surface area contributed by atoms with Gasteiger partial charge in [0.25, 0.3) is 0 Å². The van der Waals surface area contributed by atoms with Gasteiger partial charge in [0.05, 0.1) is 11.9 Å². The van der Waals surface area contributed by atoms with Crippen LogP contribution in [0.5, 0.6) is 0 Å². The second-order valence-corrected chi connectivity index (χ2v) is 5.42. The highest BCUT2D eigenvalue weighted by Crippen LogP contribution is 2.26. The number of hydrogen-bond acceptors (Lipinski definition) is 6. The highest BCUT2D eigenvalue weighted by Gasteiger charge is 2.17. The lowest BCUT2D eigenvalue weighted by Gasteiger charge is -2.22. The average molecular weight is 367 g/mol. The third-order valence-corrected chi connectivity index (χ3v) is 3.77. The van der Waals surface area contributed by atoms with Crippen LogP contribution in [0.4, 0.5) is 11.5 Å². The molecule has 0 unspecified atom stereocenters. The van der Waals surface area contributed by atoms with Crippen molar-refractivity contribution in [1.82, 2.24) is 20.3 Å². The number of aryl methyl sites for hydroxylation is 1. The Bertz CT molecular complexity index is 693. The van der Waals surface area contributed by atoms with Crippen molar-refractivity contribution >= 4 is 36.3 Å². The fourth-order valence-corrected chi connectivity index (χ4v) is 2.66. The quantitative estimate of drug-likeness (QED) is 0.867. The van der Waals surface area contributed by atoms with E-state index >= 15 is 0 Å². The predicted molar refractivity (Wildman–Crippen MR) is 98.3 cm³/mol. The Morgan fingerprint density at radius 3 is 2.58 bits per heavy atom. The molecule has 3 rings (SSSR count). The van der Waals surface area contributed by atoms with Crippen LogP contribution in [0.3, 0.4) is 0 Å². The maximum Gasteiger partial charge on any atom is 0.140 e. The lowest BCUT2D eigenvalue weighted by atomic mass is 9.94. The molecule has 1 aliphatic rings. The molecule has 8 heteroatoms. The Morgan fingerprint density at radius 2 is 1.96 bits per heavy atom. The molecule has 0 spiro atoms. The second-order valence-electron chi connectivity index (χ2n) is 5.42. The molecule has 1 saturated heterocycles. The van der Waals surface area contributed by atoms with E-state index in [4.69, 9.17) is 5.26 Å². The van der Waals surface area contributed by atoms with Gasteiger partial charge in [0.1, 0.15) is 23.4 Å². The monoisotopic (exact) mass is 366 g/mol. The van der Waals surface area contributed by atoms with Crippen molar-refractivity contribution in [3.63, 3.8) is 0 Å². The minimum Gasteiger partial charge on any atom is -0.339 e. The maximum absolute atomic E-state index is 8.78. The molecule has 0 bridgehead atoms. The van der Waals surface area contributed by atoms with E-state index in [2.05, 4.69) is 25.6 Å². The Balaban J connectivity index is 0.00000144. The van der Waals surface area contributed by atoms with Crippen LogP contribution >= 0.6 is 24.8 Å². The first kappa shape index (κ1) is 20.1. The number of halogens is 2. The van der Waals surface area contributed by atoms with Crippen LogP contribution in [0, 0.1) is 18.3 Å². The van der Waals surface area contributed by atoms with Gasteiger partial charge in [-0.1, -0.05) is 0 Å². The van der Waals surface area contributed by atoms with Gasteiger partial charge in [-0.05, 0) is 45.0 Å². The molecule has 0 atom stereocenters. The fourth-order valence-electron chi connectivity index (χ4n) is 2.66. The summed E-state index contributed by atoms with van der Waals surface area (Å²) in [4.78, 5) is 13.1. The Kier molecular flexibility index (Phi) is 7.86. The normalized spacial score (nSPS) is 14.0. The van der Waals surface area contributed by atoms with Crippen LogP contribution in [-0.4, -0.2) is 28.0 Å². The third kappa shape index (κ3) is 5.03. The average Bonchev–Trinajstić information content (AvgIpc) is 2.56. The molecule has 1 fully saturated rings. The highest BCUT2D eigenvalue weighted by atomic mass is 35.5. The Hall–Kier alpha value is -1.94. The number of rotatable bonds is 3. The molecule has 2 aromatic heterocycles. The van der Waals surface area contributed by atoms with Crippen LogP contribution in [0.15, 0.2) is 24.4 Å². The van der Waals surface area contributed by atoms with E-state index in [1.165, 1.54) is 0 Å². The van der Waals surface area contributed by atoms with Gasteiger partial charge in [0.15, 0.2) is 0 Å². The van der Waals surface area contributed by atoms with Crippen molar-refractivity contribution in [2.75, 3.05) is 18.4 Å². The first-order valence-electron chi connectivity index (χ1n) is 7.44. The van der Waals surface area contributed by atoms with Gasteiger partial charge in [-0.15, -0.1) is 24.8 Å². The zero-order chi connectivity index (χ0) is 15.4. The summed E-state index contributed by atoms with van der Waals surface area (Å²) in [6.45, 7) is 3.98. The standard InChI is InChI=1S/C16H18N6.2ClH/c1-11-20-15(12-4-6-18-7-5-12)8-16(21-11)22-14-3-2-13(9-17)19-10-14;;/h2-3,8,10,12,18H,4-7H2,1H3,(H,20,21,22);2*1H. The van der Waals surface area contributed by atoms with Crippen LogP contribution in [0.1, 0.15) is 36.0 Å². The highest BCUT2D eigenvalue weighted by molar-refractivity contribution is 5.85. The molecule has 0 aliphatic carbocycles. The minimum absolute atomic E-state index is 0. The van der Waals surface area contributed by atoms with Crippen molar-refractivity contribution < 1.29 is 0 Å². The van der Waals surface area contributed by atoms with Crippen molar-refractivity contribution in [3.05, 3.63) is 41.6 Å². The maximum atomic E-state index is 8.78. The summed E-state index contributed by atoms with van der Waals surface area (Å²) in [6, 6.07) is 7.54. The minimum atomic E-state index is 0. The van der Waals surface area contributed by atoms with E-state index in [9.17, 15) is 0 Å². The molecule has 2 N–H and O–H groups in total. The summed E-state index contributed by atoms with van der Waals surface area (Å²) < 4.78 is 0. The summed E-state index contributed by atoms with van der Waals surface area (Å²) in [5, 5.41) is 15.4. The van der Waals surface area contributed by atoms with E-state index in [1.807, 2.05) is 25.1 Å². The number of piperidine rings is 1. The molecule has 2 aromatic rings. The smallest absolute Gasteiger partial charge is 0.140 e. The van der Waals surface area contributed by atoms with Gasteiger partial charge in [0, 0.05) is 17.7 Å². The summed E-state index contributed by atoms with van der Waals surface area (Å²) >= 11 is 0. The summed E-state index contributed by atoms with van der Waals surface area (Å²) in [5.41, 5.74) is 2.31. The van der Waals surface area contributed by atoms with E-state index in [1.54, 1.807) is 12.3 Å². The molecule has 0 amide bonds. The zero-order valence-corrected chi connectivity index (χ0v) is 15.0. The molecule has 0 saturated carbocycles. The first-order valence-corrected chi connectivity index (χ1v) is 7.44. The van der Waals surface area contributed by atoms with E-state index < -0.39 is 0 Å². The fraction of sp³-hybridized carbons (Fsp3) is 0.375. The third-order valence-electron chi connectivity index (χ3n) is 3.77. The van der Waals surface area contributed by atoms with E-state index in [0.717, 1.165) is 49.0 Å². The molecule has 24 heavy (non-hydrogen) atoms. The molecule has 128 valence electrons. The number of nitrogens with one attached hydrogen (secondary N) is 2. The van der Waals surface area contributed by atoms with Gasteiger partial charge >= 0.3 is 0 Å². The van der Waals surface area contributed by atoms with E-state index in [-0.39, 0.29) is 24.8 Å². The van der Waals surface area contributed by atoms with Crippen LogP contribution < -0.4 is 10.6 Å². The number of nitrogens with zero attached hydrogens (tertiary/aromatic N) is 4. The molecule has 0 radical (unpaired) electrons. The summed E-state index contributed by atoms with van der Waals surface area (Å²) in [6.07, 6.45) is 3.85. The predicted octanol–water partition coefficient (Wildman–Crippen LogP) is 3.11. The molecule has 1 aliphatic heterocycles. The largest absolute Gasteiger partial charge is 0.339 e. The van der Waals surface area contributed by atoms with Crippen LogP contribution in [-0.2, 0) is 0 Å². The Labute approximate surface area is 153 Å². The van der Waals surface area contributed by atoms with Crippen molar-refractivity contribution in [2.45, 2.75) is 25.7 Å². The van der Waals surface area contributed by atoms with Crippen molar-refractivity contribution in [3.8, 4) is 6.07 Å². The topological polar surface area (TPSA) is 86.5 Å². The molecule has 3 heterocycles. The van der Waals surface area contributed by atoms with Gasteiger partial charge in [-0.3, -0.25) is 0 Å².